The number of fused-ring (bicyclic) bond motifs is 1. The number of carbonyl (C=O) groups excluding carboxylic acids is 2. The number of carbonyl (C=O) groups is 2. The molecule has 1 aromatic carbocycles. The SMILES string of the molecule is C[C@@H]1CCCC[C@@H]1NC(=O)[C@@H]1c2cccn2CC(=O)N1Cc1ccc(Cl)cc1. The molecule has 148 valence electrons. The molecule has 1 N–H and O–H groups in total. The molecule has 0 bridgehead atoms. The lowest BCUT2D eigenvalue weighted by molar-refractivity contribution is -0.145. The average Bonchev–Trinajstić information content (AvgIpc) is 3.13. The van der Waals surface area contributed by atoms with E-state index in [1.165, 1.54) is 6.42 Å². The minimum atomic E-state index is -0.610. The van der Waals surface area contributed by atoms with Gasteiger partial charge < -0.3 is 14.8 Å². The Hall–Kier alpha value is -2.27. The minimum Gasteiger partial charge on any atom is -0.351 e. The summed E-state index contributed by atoms with van der Waals surface area (Å²) in [4.78, 5) is 27.9. The van der Waals surface area contributed by atoms with E-state index in [1.807, 2.05) is 47.2 Å². The Morgan fingerprint density at radius 1 is 1.18 bits per heavy atom. The van der Waals surface area contributed by atoms with Gasteiger partial charge in [0.25, 0.3) is 0 Å². The summed E-state index contributed by atoms with van der Waals surface area (Å²) >= 11 is 5.99. The number of nitrogens with zero attached hydrogens (tertiary/aromatic N) is 2. The second kappa shape index (κ2) is 8.00. The molecule has 1 aliphatic carbocycles. The molecule has 0 unspecified atom stereocenters. The molecular formula is C22H26ClN3O2. The van der Waals surface area contributed by atoms with Gasteiger partial charge in [0.05, 0.1) is 5.69 Å². The van der Waals surface area contributed by atoms with Crippen LogP contribution in [0.4, 0.5) is 0 Å². The van der Waals surface area contributed by atoms with Crippen molar-refractivity contribution < 1.29 is 9.59 Å². The summed E-state index contributed by atoms with van der Waals surface area (Å²) in [6, 6.07) is 10.8. The van der Waals surface area contributed by atoms with Gasteiger partial charge >= 0.3 is 0 Å². The van der Waals surface area contributed by atoms with Crippen molar-refractivity contribution in [3.8, 4) is 0 Å². The molecule has 1 fully saturated rings. The van der Waals surface area contributed by atoms with E-state index >= 15 is 0 Å². The van der Waals surface area contributed by atoms with Gasteiger partial charge in [-0.15, -0.1) is 0 Å². The van der Waals surface area contributed by atoms with Crippen LogP contribution in [0.15, 0.2) is 42.6 Å². The Labute approximate surface area is 170 Å². The van der Waals surface area contributed by atoms with E-state index in [0.29, 0.717) is 17.5 Å². The highest BCUT2D eigenvalue weighted by Crippen LogP contribution is 2.30. The largest absolute Gasteiger partial charge is 0.351 e. The predicted octanol–water partition coefficient (Wildman–Crippen LogP) is 3.92. The summed E-state index contributed by atoms with van der Waals surface area (Å²) in [6.07, 6.45) is 6.38. The predicted molar refractivity (Wildman–Crippen MR) is 109 cm³/mol. The molecular weight excluding hydrogens is 374 g/mol. The molecule has 0 saturated heterocycles. The van der Waals surface area contributed by atoms with Crippen LogP contribution in [0, 0.1) is 5.92 Å². The second-order valence-electron chi connectivity index (χ2n) is 7.99. The Morgan fingerprint density at radius 2 is 1.93 bits per heavy atom. The van der Waals surface area contributed by atoms with Crippen LogP contribution >= 0.6 is 11.6 Å². The van der Waals surface area contributed by atoms with E-state index < -0.39 is 6.04 Å². The molecule has 5 nitrogen and oxygen atoms in total. The third-order valence-electron chi connectivity index (χ3n) is 6.04. The van der Waals surface area contributed by atoms with Crippen molar-refractivity contribution >= 4 is 23.4 Å². The van der Waals surface area contributed by atoms with Gasteiger partial charge in [0.15, 0.2) is 6.04 Å². The zero-order chi connectivity index (χ0) is 19.7. The number of nitrogens with one attached hydrogen (secondary N) is 1. The third kappa shape index (κ3) is 3.81. The molecule has 4 rings (SSSR count). The highest BCUT2D eigenvalue weighted by atomic mass is 35.5. The van der Waals surface area contributed by atoms with Gasteiger partial charge in [-0.25, -0.2) is 0 Å². The molecule has 2 aromatic rings. The number of aromatic nitrogens is 1. The number of hydrogen-bond donors (Lipinski definition) is 1. The maximum atomic E-state index is 13.3. The van der Waals surface area contributed by atoms with Crippen molar-refractivity contribution in [2.45, 2.75) is 57.8 Å². The topological polar surface area (TPSA) is 54.3 Å². The normalized spacial score (nSPS) is 24.7. The van der Waals surface area contributed by atoms with E-state index in [2.05, 4.69) is 12.2 Å². The molecule has 1 aromatic heterocycles. The maximum Gasteiger partial charge on any atom is 0.249 e. The van der Waals surface area contributed by atoms with Gasteiger partial charge in [0.2, 0.25) is 11.8 Å². The standard InChI is InChI=1S/C22H26ClN3O2/c1-15-5-2-3-6-18(15)24-22(28)21-19-7-4-12-25(19)14-20(27)26(21)13-16-8-10-17(23)11-9-16/h4,7-12,15,18,21H,2-3,5-6,13-14H2,1H3,(H,24,28)/t15-,18+,21+/m1/s1. The van der Waals surface area contributed by atoms with Gasteiger partial charge in [-0.1, -0.05) is 43.5 Å². The first kappa shape index (κ1) is 19.1. The molecule has 0 radical (unpaired) electrons. The van der Waals surface area contributed by atoms with Crippen molar-refractivity contribution in [3.63, 3.8) is 0 Å². The first-order valence-electron chi connectivity index (χ1n) is 10.0. The van der Waals surface area contributed by atoms with Crippen molar-refractivity contribution in [1.29, 1.82) is 0 Å². The molecule has 2 aliphatic rings. The Balaban J connectivity index is 1.60. The number of hydrogen-bond acceptors (Lipinski definition) is 2. The van der Waals surface area contributed by atoms with Gasteiger partial charge in [-0.2, -0.15) is 0 Å². The van der Waals surface area contributed by atoms with Crippen molar-refractivity contribution in [2.24, 2.45) is 5.92 Å². The van der Waals surface area contributed by atoms with Gasteiger partial charge in [-0.3, -0.25) is 9.59 Å². The molecule has 6 heteroatoms. The smallest absolute Gasteiger partial charge is 0.249 e. The summed E-state index contributed by atoms with van der Waals surface area (Å²) in [5.74, 6) is 0.338. The van der Waals surface area contributed by atoms with Crippen LogP contribution in [0.2, 0.25) is 5.02 Å². The number of benzene rings is 1. The second-order valence-corrected chi connectivity index (χ2v) is 8.42. The molecule has 1 aliphatic heterocycles. The van der Waals surface area contributed by atoms with Gasteiger partial charge in [-0.05, 0) is 48.6 Å². The molecule has 1 saturated carbocycles. The van der Waals surface area contributed by atoms with Crippen LogP contribution in [-0.4, -0.2) is 27.3 Å². The summed E-state index contributed by atoms with van der Waals surface area (Å²) < 4.78 is 1.88. The lowest BCUT2D eigenvalue weighted by atomic mass is 9.85. The number of rotatable bonds is 4. The van der Waals surface area contributed by atoms with Crippen molar-refractivity contribution in [3.05, 3.63) is 58.9 Å². The van der Waals surface area contributed by atoms with Gasteiger partial charge in [0, 0.05) is 23.8 Å². The Kier molecular flexibility index (Phi) is 5.44. The summed E-state index contributed by atoms with van der Waals surface area (Å²) in [5.41, 5.74) is 1.83. The monoisotopic (exact) mass is 399 g/mol. The number of amides is 2. The van der Waals surface area contributed by atoms with E-state index in [0.717, 1.165) is 30.5 Å². The lowest BCUT2D eigenvalue weighted by Crippen LogP contribution is -2.51. The zero-order valence-corrected chi connectivity index (χ0v) is 16.9. The molecule has 28 heavy (non-hydrogen) atoms. The van der Waals surface area contributed by atoms with Crippen LogP contribution in [-0.2, 0) is 22.7 Å². The van der Waals surface area contributed by atoms with Crippen molar-refractivity contribution in [2.75, 3.05) is 0 Å². The Bertz CT molecular complexity index is 861. The van der Waals surface area contributed by atoms with E-state index in [9.17, 15) is 9.59 Å². The van der Waals surface area contributed by atoms with Crippen LogP contribution < -0.4 is 5.32 Å². The fourth-order valence-electron chi connectivity index (χ4n) is 4.39. The average molecular weight is 400 g/mol. The fourth-order valence-corrected chi connectivity index (χ4v) is 4.52. The fraction of sp³-hybridized carbons (Fsp3) is 0.455. The van der Waals surface area contributed by atoms with Gasteiger partial charge in [0.1, 0.15) is 6.54 Å². The Morgan fingerprint density at radius 3 is 2.68 bits per heavy atom. The van der Waals surface area contributed by atoms with Crippen molar-refractivity contribution in [1.82, 2.24) is 14.8 Å². The third-order valence-corrected chi connectivity index (χ3v) is 6.29. The van der Waals surface area contributed by atoms with E-state index in [1.54, 1.807) is 4.90 Å². The highest BCUT2D eigenvalue weighted by molar-refractivity contribution is 6.30. The molecule has 3 atom stereocenters. The van der Waals surface area contributed by atoms with Crippen LogP contribution in [0.3, 0.4) is 0 Å². The summed E-state index contributed by atoms with van der Waals surface area (Å²) in [7, 11) is 0. The number of halogens is 1. The van der Waals surface area contributed by atoms with E-state index in [4.69, 9.17) is 11.6 Å². The zero-order valence-electron chi connectivity index (χ0n) is 16.1. The van der Waals surface area contributed by atoms with Crippen LogP contribution in [0.25, 0.3) is 0 Å². The maximum absolute atomic E-state index is 13.3. The first-order valence-corrected chi connectivity index (χ1v) is 10.4. The first-order chi connectivity index (χ1) is 13.5. The minimum absolute atomic E-state index is 0.0458. The quantitative estimate of drug-likeness (QED) is 0.847. The van der Waals surface area contributed by atoms with Crippen LogP contribution in [0.1, 0.15) is 49.9 Å². The highest BCUT2D eigenvalue weighted by Gasteiger charge is 2.38. The van der Waals surface area contributed by atoms with Crippen LogP contribution in [0.5, 0.6) is 0 Å². The van der Waals surface area contributed by atoms with E-state index in [-0.39, 0.29) is 24.4 Å². The molecule has 2 heterocycles. The molecule has 2 amide bonds. The summed E-state index contributed by atoms with van der Waals surface area (Å²) in [5, 5.41) is 3.90. The lowest BCUT2D eigenvalue weighted by Gasteiger charge is -2.38. The summed E-state index contributed by atoms with van der Waals surface area (Å²) in [6.45, 7) is 2.85. The molecule has 0 spiro atoms.